The first-order chi connectivity index (χ1) is 16.9. The molecule has 2 aromatic rings. The maximum atomic E-state index is 12.6. The number of nitrogens with zero attached hydrogens (tertiary/aromatic N) is 10. The maximum absolute atomic E-state index is 12.6. The number of aromatic nitrogens is 2. The number of rotatable bonds is 0. The summed E-state index contributed by atoms with van der Waals surface area (Å²) in [5.41, 5.74) is -0.810. The average Bonchev–Trinajstić information content (AvgIpc) is 3.53. The lowest BCUT2D eigenvalue weighted by Gasteiger charge is -2.17. The first kappa shape index (κ1) is 25.3. The lowest BCUT2D eigenvalue weighted by Crippen LogP contribution is -2.14. The van der Waals surface area contributed by atoms with Crippen LogP contribution in [0.1, 0.15) is 55.1 Å². The second-order valence-corrected chi connectivity index (χ2v) is 8.55. The Labute approximate surface area is 202 Å². The van der Waals surface area contributed by atoms with Gasteiger partial charge >= 0.3 is 6.18 Å². The van der Waals surface area contributed by atoms with E-state index in [1.807, 2.05) is 32.9 Å². The van der Waals surface area contributed by atoms with Gasteiger partial charge in [-0.05, 0) is 11.0 Å². The van der Waals surface area contributed by atoms with Crippen LogP contribution in [0, 0.1) is 68.0 Å². The molecule has 0 fully saturated rings. The highest BCUT2D eigenvalue weighted by molar-refractivity contribution is 6.07. The van der Waals surface area contributed by atoms with Gasteiger partial charge in [0.1, 0.15) is 35.4 Å². The molecule has 4 rings (SSSR count). The third-order valence-corrected chi connectivity index (χ3v) is 5.35. The van der Waals surface area contributed by atoms with Crippen molar-refractivity contribution >= 4 is 23.1 Å². The summed E-state index contributed by atoms with van der Waals surface area (Å²) >= 11 is 0. The Morgan fingerprint density at radius 1 is 0.694 bits per heavy atom. The fourth-order valence-corrected chi connectivity index (χ4v) is 3.69. The van der Waals surface area contributed by atoms with Crippen molar-refractivity contribution in [3.05, 3.63) is 34.6 Å². The highest BCUT2D eigenvalue weighted by atomic mass is 19.4. The molecule has 10 nitrogen and oxygen atoms in total. The number of hydrogen-bond acceptors (Lipinski definition) is 8. The van der Waals surface area contributed by atoms with Crippen molar-refractivity contribution in [2.75, 3.05) is 0 Å². The fourth-order valence-electron chi connectivity index (χ4n) is 3.69. The Bertz CT molecular complexity index is 1460. The first-order valence-corrected chi connectivity index (χ1v) is 10.0. The van der Waals surface area contributed by atoms with Gasteiger partial charge in [-0.15, -0.1) is 0 Å². The molecule has 2 aromatic heterocycles. The summed E-state index contributed by atoms with van der Waals surface area (Å²) in [6, 6.07) is 8.84. The molecule has 2 aliphatic rings. The van der Waals surface area contributed by atoms with E-state index < -0.39 is 29.4 Å². The molecule has 0 spiro atoms. The summed E-state index contributed by atoms with van der Waals surface area (Å²) in [4.78, 5) is 7.70. The number of aliphatic imine (C=N–C) groups is 2. The molecule has 2 unspecified atom stereocenters. The topological polar surface area (TPSA) is 177 Å². The molecule has 0 saturated heterocycles. The minimum atomic E-state index is -4.70. The Kier molecular flexibility index (Phi) is 6.15. The molecule has 0 bridgehead atoms. The quantitative estimate of drug-likeness (QED) is 0.533. The van der Waals surface area contributed by atoms with Gasteiger partial charge in [0.05, 0.1) is 17.7 Å². The molecular weight excluding hydrogens is 473 g/mol. The van der Waals surface area contributed by atoms with Gasteiger partial charge in [-0.3, -0.25) is 0 Å². The van der Waals surface area contributed by atoms with Crippen molar-refractivity contribution in [3.8, 4) is 36.4 Å². The summed E-state index contributed by atoms with van der Waals surface area (Å²) < 4.78 is 40.4. The van der Waals surface area contributed by atoms with Crippen molar-refractivity contribution in [2.24, 2.45) is 9.98 Å². The highest BCUT2D eigenvalue weighted by Crippen LogP contribution is 2.42. The van der Waals surface area contributed by atoms with E-state index in [1.54, 1.807) is 22.9 Å². The van der Waals surface area contributed by atoms with E-state index in [0.29, 0.717) is 17.6 Å². The third-order valence-electron chi connectivity index (χ3n) is 5.35. The van der Waals surface area contributed by atoms with Crippen molar-refractivity contribution < 1.29 is 13.2 Å². The molecule has 0 N–H and O–H groups in total. The third kappa shape index (κ3) is 3.92. The largest absolute Gasteiger partial charge is 0.419 e. The zero-order valence-corrected chi connectivity index (χ0v) is 18.9. The first-order valence-electron chi connectivity index (χ1n) is 10.0. The predicted molar refractivity (Wildman–Crippen MR) is 117 cm³/mol. The van der Waals surface area contributed by atoms with Crippen LogP contribution < -0.4 is 0 Å². The second kappa shape index (κ2) is 8.77. The summed E-state index contributed by atoms with van der Waals surface area (Å²) in [6.45, 7) is 5.99. The lowest BCUT2D eigenvalue weighted by molar-refractivity contribution is -0.137. The van der Waals surface area contributed by atoms with E-state index in [-0.39, 0.29) is 22.7 Å². The van der Waals surface area contributed by atoms with Crippen LogP contribution in [-0.2, 0) is 11.6 Å². The molecular formula is C23H13F3N10. The molecule has 13 heteroatoms. The molecule has 0 aromatic carbocycles. The van der Waals surface area contributed by atoms with E-state index >= 15 is 0 Å². The Balaban J connectivity index is 0.000000201. The van der Waals surface area contributed by atoms with Crippen LogP contribution in [0.25, 0.3) is 0 Å². The SMILES string of the molecule is CC(C)(C)c1cn2c(c1C#N)N=C(C#N)C2C#N.N#CC1=Nc2c(C#N)c(C(F)(F)F)cn2C1C#N. The van der Waals surface area contributed by atoms with E-state index in [0.717, 1.165) is 10.1 Å². The summed E-state index contributed by atoms with van der Waals surface area (Å²) in [5.74, 6) is 0.124. The molecule has 0 amide bonds. The maximum Gasteiger partial charge on any atom is 0.419 e. The standard InChI is InChI=1S/C13H11N5.C10H2F3N5/c1-13(2,3)9-7-18-11(6-16)10(5-15)17-12(18)8(9)4-14;11-10(12,13)6-4-18-8(3-16)7(2-15)17-9(18)5(6)1-14/h7,11H,1-3H3;4,8H. The fraction of sp³-hybridized carbons (Fsp3) is 0.304. The molecule has 0 aliphatic carbocycles. The van der Waals surface area contributed by atoms with Gasteiger partial charge in [-0.2, -0.15) is 44.7 Å². The minimum Gasteiger partial charge on any atom is -0.309 e. The zero-order chi connectivity index (χ0) is 27.0. The van der Waals surface area contributed by atoms with Gasteiger partial charge < -0.3 is 9.13 Å². The number of halogens is 3. The van der Waals surface area contributed by atoms with Crippen molar-refractivity contribution in [1.29, 1.82) is 31.6 Å². The van der Waals surface area contributed by atoms with Gasteiger partial charge in [-0.1, -0.05) is 20.8 Å². The molecule has 2 atom stereocenters. The summed E-state index contributed by atoms with van der Waals surface area (Å²) in [5, 5.41) is 53.6. The van der Waals surface area contributed by atoms with Crippen LogP contribution in [0.2, 0.25) is 0 Å². The van der Waals surface area contributed by atoms with E-state index in [9.17, 15) is 18.4 Å². The van der Waals surface area contributed by atoms with Crippen molar-refractivity contribution in [2.45, 2.75) is 44.4 Å². The van der Waals surface area contributed by atoms with Crippen LogP contribution in [0.4, 0.5) is 24.8 Å². The molecule has 36 heavy (non-hydrogen) atoms. The van der Waals surface area contributed by atoms with Crippen LogP contribution in [0.5, 0.6) is 0 Å². The summed E-state index contributed by atoms with van der Waals surface area (Å²) in [6.07, 6.45) is -2.31. The average molecular weight is 486 g/mol. The molecule has 4 heterocycles. The van der Waals surface area contributed by atoms with Gasteiger partial charge in [0, 0.05) is 12.4 Å². The van der Waals surface area contributed by atoms with Gasteiger partial charge in [0.15, 0.2) is 35.1 Å². The lowest BCUT2D eigenvalue weighted by atomic mass is 9.86. The van der Waals surface area contributed by atoms with Gasteiger partial charge in [0.2, 0.25) is 0 Å². The Hall–Kier alpha value is -5.37. The van der Waals surface area contributed by atoms with Crippen LogP contribution in [0.3, 0.4) is 0 Å². The minimum absolute atomic E-state index is 0.143. The molecule has 176 valence electrons. The van der Waals surface area contributed by atoms with Crippen LogP contribution in [-0.4, -0.2) is 20.6 Å². The van der Waals surface area contributed by atoms with Gasteiger partial charge in [-0.25, -0.2) is 9.98 Å². The highest BCUT2D eigenvalue weighted by Gasteiger charge is 2.41. The number of hydrogen-bond donors (Lipinski definition) is 0. The van der Waals surface area contributed by atoms with E-state index in [2.05, 4.69) is 16.1 Å². The predicted octanol–water partition coefficient (Wildman–Crippen LogP) is 4.38. The number of fused-ring (bicyclic) bond motifs is 2. The van der Waals surface area contributed by atoms with Gasteiger partial charge in [0.25, 0.3) is 0 Å². The smallest absolute Gasteiger partial charge is 0.309 e. The monoisotopic (exact) mass is 486 g/mol. The van der Waals surface area contributed by atoms with Crippen molar-refractivity contribution in [3.63, 3.8) is 0 Å². The summed E-state index contributed by atoms with van der Waals surface area (Å²) in [7, 11) is 0. The van der Waals surface area contributed by atoms with Crippen molar-refractivity contribution in [1.82, 2.24) is 9.13 Å². The van der Waals surface area contributed by atoms with E-state index in [4.69, 9.17) is 26.3 Å². The molecule has 0 saturated carbocycles. The normalized spacial score (nSPS) is 17.3. The van der Waals surface area contributed by atoms with Crippen LogP contribution in [0.15, 0.2) is 22.4 Å². The number of nitriles is 6. The molecule has 0 radical (unpaired) electrons. The molecule has 2 aliphatic heterocycles. The Morgan fingerprint density at radius 2 is 1.08 bits per heavy atom. The second-order valence-electron chi connectivity index (χ2n) is 8.55. The van der Waals surface area contributed by atoms with Crippen LogP contribution >= 0.6 is 0 Å². The van der Waals surface area contributed by atoms with E-state index in [1.165, 1.54) is 6.07 Å². The zero-order valence-electron chi connectivity index (χ0n) is 18.9. The Morgan fingerprint density at radius 3 is 1.39 bits per heavy atom. The number of alkyl halides is 3.